The highest BCUT2D eigenvalue weighted by atomic mass is 19.3. The molecular formula is C10H14F2N2O2. The molecule has 0 N–H and O–H groups in total. The monoisotopic (exact) mass is 232 g/mol. The average molecular weight is 232 g/mol. The van der Waals surface area contributed by atoms with Gasteiger partial charge in [-0.05, 0) is 26.8 Å². The van der Waals surface area contributed by atoms with Crippen molar-refractivity contribution in [1.29, 1.82) is 0 Å². The van der Waals surface area contributed by atoms with E-state index in [1.165, 1.54) is 10.7 Å². The van der Waals surface area contributed by atoms with E-state index >= 15 is 0 Å². The van der Waals surface area contributed by atoms with E-state index in [0.29, 0.717) is 5.69 Å². The summed E-state index contributed by atoms with van der Waals surface area (Å²) in [7, 11) is 0. The van der Waals surface area contributed by atoms with Gasteiger partial charge < -0.3 is 4.74 Å². The minimum atomic E-state index is -2.63. The van der Waals surface area contributed by atoms with E-state index in [9.17, 15) is 13.6 Å². The van der Waals surface area contributed by atoms with Crippen LogP contribution >= 0.6 is 0 Å². The fraction of sp³-hybridized carbons (Fsp3) is 0.600. The molecule has 1 atom stereocenters. The van der Waals surface area contributed by atoms with Crippen LogP contribution < -0.4 is 0 Å². The molecule has 1 aromatic rings. The van der Waals surface area contributed by atoms with Crippen LogP contribution in [0, 0.1) is 6.92 Å². The minimum Gasteiger partial charge on any atom is -0.464 e. The molecule has 0 saturated heterocycles. The Kier molecular flexibility index (Phi) is 3.98. The fourth-order valence-corrected chi connectivity index (χ4v) is 1.37. The van der Waals surface area contributed by atoms with Gasteiger partial charge in [0.1, 0.15) is 11.7 Å². The Morgan fingerprint density at radius 2 is 2.25 bits per heavy atom. The number of esters is 1. The SMILES string of the molecule is CCOC(=O)C(C)n1nc(C(F)F)cc1C. The molecule has 0 spiro atoms. The zero-order valence-corrected chi connectivity index (χ0v) is 9.41. The maximum absolute atomic E-state index is 12.4. The molecule has 0 amide bonds. The van der Waals surface area contributed by atoms with Crippen LogP contribution in [-0.4, -0.2) is 22.4 Å². The van der Waals surface area contributed by atoms with Gasteiger partial charge in [-0.15, -0.1) is 0 Å². The molecule has 0 aromatic carbocycles. The summed E-state index contributed by atoms with van der Waals surface area (Å²) in [5, 5.41) is 3.68. The molecule has 0 saturated carbocycles. The molecule has 90 valence electrons. The summed E-state index contributed by atoms with van der Waals surface area (Å²) in [5.74, 6) is -0.477. The quantitative estimate of drug-likeness (QED) is 0.748. The van der Waals surface area contributed by atoms with Crippen LogP contribution in [0.1, 0.15) is 37.7 Å². The molecule has 0 bridgehead atoms. The van der Waals surface area contributed by atoms with E-state index in [-0.39, 0.29) is 12.3 Å². The number of carbonyl (C=O) groups is 1. The zero-order valence-electron chi connectivity index (χ0n) is 9.41. The van der Waals surface area contributed by atoms with Gasteiger partial charge in [-0.3, -0.25) is 4.68 Å². The molecule has 1 aromatic heterocycles. The van der Waals surface area contributed by atoms with Gasteiger partial charge in [0.05, 0.1) is 6.61 Å². The highest BCUT2D eigenvalue weighted by molar-refractivity contribution is 5.73. The molecule has 0 aliphatic heterocycles. The standard InChI is InChI=1S/C10H14F2N2O2/c1-4-16-10(15)7(3)14-6(2)5-8(13-14)9(11)12/h5,7,9H,4H2,1-3H3. The van der Waals surface area contributed by atoms with Crippen molar-refractivity contribution in [2.75, 3.05) is 6.61 Å². The molecule has 1 heterocycles. The minimum absolute atomic E-state index is 0.255. The van der Waals surface area contributed by atoms with Crippen LogP contribution in [0.3, 0.4) is 0 Å². The summed E-state index contributed by atoms with van der Waals surface area (Å²) in [6, 6.07) is 0.577. The Balaban J connectivity index is 2.91. The highest BCUT2D eigenvalue weighted by Crippen LogP contribution is 2.20. The third-order valence-electron chi connectivity index (χ3n) is 2.16. The summed E-state index contributed by atoms with van der Waals surface area (Å²) >= 11 is 0. The van der Waals surface area contributed by atoms with Gasteiger partial charge >= 0.3 is 5.97 Å². The first-order valence-electron chi connectivity index (χ1n) is 4.98. The molecule has 0 aliphatic carbocycles. The molecule has 0 radical (unpaired) electrons. The number of ether oxygens (including phenoxy) is 1. The van der Waals surface area contributed by atoms with Gasteiger partial charge in [0.2, 0.25) is 0 Å². The summed E-state index contributed by atoms with van der Waals surface area (Å²) in [5.41, 5.74) is 0.185. The van der Waals surface area contributed by atoms with Crippen molar-refractivity contribution in [3.05, 3.63) is 17.5 Å². The average Bonchev–Trinajstić information content (AvgIpc) is 2.60. The molecular weight excluding hydrogens is 218 g/mol. The lowest BCUT2D eigenvalue weighted by Gasteiger charge is -2.12. The topological polar surface area (TPSA) is 44.1 Å². The molecule has 16 heavy (non-hydrogen) atoms. The molecule has 0 aliphatic rings. The molecule has 1 unspecified atom stereocenters. The van der Waals surface area contributed by atoms with Crippen LogP contribution in [0.15, 0.2) is 6.07 Å². The maximum atomic E-state index is 12.4. The normalized spacial score (nSPS) is 12.9. The molecule has 4 nitrogen and oxygen atoms in total. The van der Waals surface area contributed by atoms with Crippen molar-refractivity contribution >= 4 is 5.97 Å². The van der Waals surface area contributed by atoms with Crippen molar-refractivity contribution < 1.29 is 18.3 Å². The second-order valence-electron chi connectivity index (χ2n) is 3.38. The number of hydrogen-bond donors (Lipinski definition) is 0. The summed E-state index contributed by atoms with van der Waals surface area (Å²) < 4.78 is 30.8. The Morgan fingerprint density at radius 3 is 2.69 bits per heavy atom. The van der Waals surface area contributed by atoms with Gasteiger partial charge in [0.15, 0.2) is 0 Å². The Morgan fingerprint density at radius 1 is 1.62 bits per heavy atom. The van der Waals surface area contributed by atoms with E-state index in [1.807, 2.05) is 0 Å². The van der Waals surface area contributed by atoms with Gasteiger partial charge in [0, 0.05) is 5.69 Å². The van der Waals surface area contributed by atoms with Gasteiger partial charge in [-0.2, -0.15) is 5.10 Å². The summed E-state index contributed by atoms with van der Waals surface area (Å²) in [6.45, 7) is 5.12. The van der Waals surface area contributed by atoms with E-state index in [2.05, 4.69) is 5.10 Å². The maximum Gasteiger partial charge on any atom is 0.330 e. The lowest BCUT2D eigenvalue weighted by Crippen LogP contribution is -2.21. The third-order valence-corrected chi connectivity index (χ3v) is 2.16. The number of hydrogen-bond acceptors (Lipinski definition) is 3. The first kappa shape index (κ1) is 12.6. The second kappa shape index (κ2) is 5.05. The van der Waals surface area contributed by atoms with Gasteiger partial charge in [-0.1, -0.05) is 0 Å². The van der Waals surface area contributed by atoms with Crippen molar-refractivity contribution in [1.82, 2.24) is 9.78 Å². The van der Waals surface area contributed by atoms with Gasteiger partial charge in [-0.25, -0.2) is 13.6 Å². The van der Waals surface area contributed by atoms with Crippen LogP contribution in [0.5, 0.6) is 0 Å². The smallest absolute Gasteiger partial charge is 0.330 e. The van der Waals surface area contributed by atoms with Crippen molar-refractivity contribution in [3.8, 4) is 0 Å². The third kappa shape index (κ3) is 2.56. The molecule has 0 fully saturated rings. The summed E-state index contributed by atoms with van der Waals surface area (Å²) in [6.07, 6.45) is -2.63. The summed E-state index contributed by atoms with van der Waals surface area (Å²) in [4.78, 5) is 11.4. The van der Waals surface area contributed by atoms with E-state index < -0.39 is 18.4 Å². The van der Waals surface area contributed by atoms with Crippen LogP contribution in [-0.2, 0) is 9.53 Å². The second-order valence-corrected chi connectivity index (χ2v) is 3.38. The predicted molar refractivity (Wildman–Crippen MR) is 53.3 cm³/mol. The lowest BCUT2D eigenvalue weighted by atomic mass is 10.3. The Hall–Kier alpha value is -1.46. The number of halogens is 2. The number of carbonyl (C=O) groups excluding carboxylic acids is 1. The number of rotatable bonds is 4. The fourth-order valence-electron chi connectivity index (χ4n) is 1.37. The Labute approximate surface area is 92.2 Å². The predicted octanol–water partition coefficient (Wildman–Crippen LogP) is 2.25. The van der Waals surface area contributed by atoms with E-state index in [1.54, 1.807) is 20.8 Å². The van der Waals surface area contributed by atoms with Gasteiger partial charge in [0.25, 0.3) is 6.43 Å². The Bertz CT molecular complexity index is 377. The van der Waals surface area contributed by atoms with Crippen molar-refractivity contribution in [3.63, 3.8) is 0 Å². The number of nitrogens with zero attached hydrogens (tertiary/aromatic N) is 2. The van der Waals surface area contributed by atoms with Crippen molar-refractivity contribution in [2.45, 2.75) is 33.2 Å². The van der Waals surface area contributed by atoms with E-state index in [4.69, 9.17) is 4.74 Å². The largest absolute Gasteiger partial charge is 0.464 e. The van der Waals surface area contributed by atoms with Crippen molar-refractivity contribution in [2.24, 2.45) is 0 Å². The van der Waals surface area contributed by atoms with Crippen LogP contribution in [0.2, 0.25) is 0 Å². The first-order valence-corrected chi connectivity index (χ1v) is 4.98. The van der Waals surface area contributed by atoms with Crippen LogP contribution in [0.4, 0.5) is 8.78 Å². The molecule has 1 rings (SSSR count). The zero-order chi connectivity index (χ0) is 12.3. The highest BCUT2D eigenvalue weighted by Gasteiger charge is 2.21. The first-order chi connectivity index (χ1) is 7.47. The number of aryl methyl sites for hydroxylation is 1. The van der Waals surface area contributed by atoms with Crippen LogP contribution in [0.25, 0.3) is 0 Å². The number of alkyl halides is 2. The number of aromatic nitrogens is 2. The van der Waals surface area contributed by atoms with E-state index in [0.717, 1.165) is 0 Å². The lowest BCUT2D eigenvalue weighted by molar-refractivity contribution is -0.146. The molecule has 6 heteroatoms.